The van der Waals surface area contributed by atoms with E-state index >= 15 is 0 Å². The Labute approximate surface area is 112 Å². The zero-order valence-corrected chi connectivity index (χ0v) is 11.4. The van der Waals surface area contributed by atoms with Gasteiger partial charge >= 0.3 is 0 Å². The van der Waals surface area contributed by atoms with Crippen molar-refractivity contribution >= 4 is 0 Å². The second-order valence-corrected chi connectivity index (χ2v) is 5.62. The van der Waals surface area contributed by atoms with E-state index in [-0.39, 0.29) is 17.0 Å². The molecular formula is C15H20F3N. The van der Waals surface area contributed by atoms with E-state index in [9.17, 15) is 13.2 Å². The van der Waals surface area contributed by atoms with E-state index in [4.69, 9.17) is 0 Å². The van der Waals surface area contributed by atoms with Crippen LogP contribution >= 0.6 is 0 Å². The molecule has 1 fully saturated rings. The fourth-order valence-corrected chi connectivity index (χ4v) is 3.17. The molecule has 1 aliphatic rings. The first-order chi connectivity index (χ1) is 8.99. The van der Waals surface area contributed by atoms with Crippen molar-refractivity contribution in [2.45, 2.75) is 45.6 Å². The van der Waals surface area contributed by atoms with Crippen LogP contribution in [0.15, 0.2) is 12.1 Å². The zero-order chi connectivity index (χ0) is 14.0. The van der Waals surface area contributed by atoms with E-state index in [1.807, 2.05) is 6.92 Å². The molecule has 106 valence electrons. The van der Waals surface area contributed by atoms with Gasteiger partial charge in [0.25, 0.3) is 0 Å². The van der Waals surface area contributed by atoms with Crippen molar-refractivity contribution < 1.29 is 13.2 Å². The normalized spacial score (nSPS) is 19.6. The van der Waals surface area contributed by atoms with Gasteiger partial charge in [-0.1, -0.05) is 32.8 Å². The lowest BCUT2D eigenvalue weighted by atomic mass is 9.77. The van der Waals surface area contributed by atoms with E-state index < -0.39 is 17.5 Å². The van der Waals surface area contributed by atoms with Gasteiger partial charge < -0.3 is 5.32 Å². The molecule has 0 heterocycles. The number of halogens is 3. The van der Waals surface area contributed by atoms with Crippen molar-refractivity contribution in [3.63, 3.8) is 0 Å². The van der Waals surface area contributed by atoms with Crippen LogP contribution < -0.4 is 5.32 Å². The van der Waals surface area contributed by atoms with Gasteiger partial charge in [0.2, 0.25) is 0 Å². The van der Waals surface area contributed by atoms with E-state index in [0.717, 1.165) is 31.7 Å². The summed E-state index contributed by atoms with van der Waals surface area (Å²) in [6, 6.07) is 2.11. The molecule has 1 unspecified atom stereocenters. The van der Waals surface area contributed by atoms with Gasteiger partial charge in [-0.3, -0.25) is 0 Å². The molecular weight excluding hydrogens is 251 g/mol. The molecule has 1 nitrogen and oxygen atoms in total. The van der Waals surface area contributed by atoms with Gasteiger partial charge in [-0.2, -0.15) is 0 Å². The molecule has 0 aromatic heterocycles. The second-order valence-electron chi connectivity index (χ2n) is 5.62. The van der Waals surface area contributed by atoms with Crippen molar-refractivity contribution in [1.82, 2.24) is 5.32 Å². The summed E-state index contributed by atoms with van der Waals surface area (Å²) in [6.45, 7) is 4.69. The molecule has 19 heavy (non-hydrogen) atoms. The SMILES string of the molecule is CCNC(c1ccc(F)c(F)c1F)C1(C)CCCC1. The summed E-state index contributed by atoms with van der Waals surface area (Å²) in [5, 5.41) is 3.24. The molecule has 0 spiro atoms. The van der Waals surface area contributed by atoms with Crippen LogP contribution in [0.25, 0.3) is 0 Å². The minimum Gasteiger partial charge on any atom is -0.310 e. The van der Waals surface area contributed by atoms with Crippen LogP contribution in [-0.4, -0.2) is 6.54 Å². The summed E-state index contributed by atoms with van der Waals surface area (Å²) in [5.74, 6) is -3.56. The summed E-state index contributed by atoms with van der Waals surface area (Å²) in [5.41, 5.74) is 0.145. The van der Waals surface area contributed by atoms with E-state index in [0.29, 0.717) is 6.54 Å². The number of hydrogen-bond donors (Lipinski definition) is 1. The van der Waals surface area contributed by atoms with Gasteiger partial charge in [-0.05, 0) is 30.9 Å². The third kappa shape index (κ3) is 2.64. The van der Waals surface area contributed by atoms with E-state index in [1.54, 1.807) is 0 Å². The molecule has 1 aromatic rings. The highest BCUT2D eigenvalue weighted by Crippen LogP contribution is 2.47. The summed E-state index contributed by atoms with van der Waals surface area (Å²) < 4.78 is 40.5. The fraction of sp³-hybridized carbons (Fsp3) is 0.600. The van der Waals surface area contributed by atoms with Crippen LogP contribution in [0.5, 0.6) is 0 Å². The van der Waals surface area contributed by atoms with Crippen LogP contribution in [0, 0.1) is 22.9 Å². The molecule has 1 aromatic carbocycles. The highest BCUT2D eigenvalue weighted by Gasteiger charge is 2.39. The summed E-state index contributed by atoms with van der Waals surface area (Å²) >= 11 is 0. The third-order valence-corrected chi connectivity index (χ3v) is 4.23. The largest absolute Gasteiger partial charge is 0.310 e. The summed E-state index contributed by atoms with van der Waals surface area (Å²) in [7, 11) is 0. The summed E-state index contributed by atoms with van der Waals surface area (Å²) in [6.07, 6.45) is 4.15. The lowest BCUT2D eigenvalue weighted by molar-refractivity contribution is 0.219. The van der Waals surface area contributed by atoms with E-state index in [1.165, 1.54) is 6.07 Å². The Morgan fingerprint density at radius 1 is 1.16 bits per heavy atom. The Kier molecular flexibility index (Phi) is 4.19. The molecule has 0 bridgehead atoms. The number of rotatable bonds is 4. The molecule has 0 aliphatic heterocycles. The number of hydrogen-bond acceptors (Lipinski definition) is 1. The molecule has 2 rings (SSSR count). The maximum absolute atomic E-state index is 14.0. The van der Waals surface area contributed by atoms with Crippen LogP contribution in [0.4, 0.5) is 13.2 Å². The monoisotopic (exact) mass is 271 g/mol. The van der Waals surface area contributed by atoms with Crippen molar-refractivity contribution in [2.75, 3.05) is 6.54 Å². The van der Waals surface area contributed by atoms with Crippen molar-refractivity contribution in [3.8, 4) is 0 Å². The van der Waals surface area contributed by atoms with E-state index in [2.05, 4.69) is 12.2 Å². The molecule has 0 radical (unpaired) electrons. The van der Waals surface area contributed by atoms with Gasteiger partial charge in [-0.25, -0.2) is 13.2 Å². The molecule has 1 aliphatic carbocycles. The second kappa shape index (κ2) is 5.53. The van der Waals surface area contributed by atoms with Crippen LogP contribution in [0.3, 0.4) is 0 Å². The third-order valence-electron chi connectivity index (χ3n) is 4.23. The Bertz CT molecular complexity index is 453. The average molecular weight is 271 g/mol. The zero-order valence-electron chi connectivity index (χ0n) is 11.4. The minimum atomic E-state index is -1.37. The average Bonchev–Trinajstić information content (AvgIpc) is 2.82. The van der Waals surface area contributed by atoms with Gasteiger partial charge in [0.1, 0.15) is 0 Å². The Balaban J connectivity index is 2.42. The quantitative estimate of drug-likeness (QED) is 0.803. The lowest BCUT2D eigenvalue weighted by Gasteiger charge is -2.35. The number of nitrogens with one attached hydrogen (secondary N) is 1. The maximum atomic E-state index is 14.0. The highest BCUT2D eigenvalue weighted by molar-refractivity contribution is 5.26. The predicted molar refractivity (Wildman–Crippen MR) is 69.3 cm³/mol. The molecule has 0 amide bonds. The molecule has 1 N–H and O–H groups in total. The Hall–Kier alpha value is -1.03. The van der Waals surface area contributed by atoms with Crippen LogP contribution in [0.2, 0.25) is 0 Å². The van der Waals surface area contributed by atoms with Crippen LogP contribution in [-0.2, 0) is 0 Å². The Morgan fingerprint density at radius 3 is 2.37 bits per heavy atom. The van der Waals surface area contributed by atoms with Crippen LogP contribution in [0.1, 0.15) is 51.1 Å². The fourth-order valence-electron chi connectivity index (χ4n) is 3.17. The van der Waals surface area contributed by atoms with Gasteiger partial charge in [0.15, 0.2) is 17.5 Å². The summed E-state index contributed by atoms with van der Waals surface area (Å²) in [4.78, 5) is 0. The smallest absolute Gasteiger partial charge is 0.194 e. The van der Waals surface area contributed by atoms with Crippen molar-refractivity contribution in [1.29, 1.82) is 0 Å². The standard InChI is InChI=1S/C15H20F3N/c1-3-19-14(15(2)8-4-5-9-15)10-6-7-11(16)13(18)12(10)17/h6-7,14,19H,3-5,8-9H2,1-2H3. The molecule has 0 saturated heterocycles. The van der Waals surface area contributed by atoms with Crippen molar-refractivity contribution in [2.24, 2.45) is 5.41 Å². The lowest BCUT2D eigenvalue weighted by Crippen LogP contribution is -2.35. The first-order valence-electron chi connectivity index (χ1n) is 6.86. The molecule has 1 atom stereocenters. The first-order valence-corrected chi connectivity index (χ1v) is 6.86. The highest BCUT2D eigenvalue weighted by atomic mass is 19.2. The Morgan fingerprint density at radius 2 is 1.79 bits per heavy atom. The van der Waals surface area contributed by atoms with Crippen molar-refractivity contribution in [3.05, 3.63) is 35.1 Å². The number of benzene rings is 1. The predicted octanol–water partition coefficient (Wildman–Crippen LogP) is 4.33. The first kappa shape index (κ1) is 14.4. The van der Waals surface area contributed by atoms with Gasteiger partial charge in [0.05, 0.1) is 0 Å². The molecule has 4 heteroatoms. The van der Waals surface area contributed by atoms with Gasteiger partial charge in [0, 0.05) is 11.6 Å². The maximum Gasteiger partial charge on any atom is 0.194 e. The van der Waals surface area contributed by atoms with Gasteiger partial charge in [-0.15, -0.1) is 0 Å². The molecule has 1 saturated carbocycles. The minimum absolute atomic E-state index is 0.0961. The topological polar surface area (TPSA) is 12.0 Å².